The van der Waals surface area contributed by atoms with Crippen LogP contribution in [0.5, 0.6) is 0 Å². The second kappa shape index (κ2) is 6.67. The second-order valence-electron chi connectivity index (χ2n) is 4.56. The first-order valence-electron chi connectivity index (χ1n) is 5.63. The van der Waals surface area contributed by atoms with Crippen molar-refractivity contribution in [1.29, 1.82) is 0 Å². The average molecular weight is 302 g/mol. The molecule has 0 aliphatic carbocycles. The summed E-state index contributed by atoms with van der Waals surface area (Å²) in [5.41, 5.74) is 7.38. The van der Waals surface area contributed by atoms with E-state index in [1.807, 2.05) is 11.8 Å². The highest BCUT2D eigenvalue weighted by atomic mass is 79.9. The molecule has 1 rings (SSSR count). The third-order valence-corrected chi connectivity index (χ3v) is 4.73. The molecule has 0 heterocycles. The Bertz CT molecular complexity index is 308. The zero-order valence-corrected chi connectivity index (χ0v) is 12.5. The van der Waals surface area contributed by atoms with Crippen molar-refractivity contribution >= 4 is 27.7 Å². The molecule has 3 heteroatoms. The lowest BCUT2D eigenvalue weighted by molar-refractivity contribution is 0.706. The molecule has 0 saturated heterocycles. The van der Waals surface area contributed by atoms with E-state index in [4.69, 9.17) is 5.73 Å². The molecule has 16 heavy (non-hydrogen) atoms. The third kappa shape index (κ3) is 4.48. The van der Waals surface area contributed by atoms with Gasteiger partial charge in [0.05, 0.1) is 0 Å². The summed E-state index contributed by atoms with van der Waals surface area (Å²) in [6, 6.07) is 8.67. The Labute approximate surface area is 111 Å². The molecule has 0 radical (unpaired) electrons. The molecular weight excluding hydrogens is 282 g/mol. The second-order valence-corrected chi connectivity index (χ2v) is 6.65. The fourth-order valence-electron chi connectivity index (χ4n) is 1.50. The predicted molar refractivity (Wildman–Crippen MR) is 77.8 cm³/mol. The Kier molecular flexibility index (Phi) is 5.87. The monoisotopic (exact) mass is 301 g/mol. The van der Waals surface area contributed by atoms with Crippen LogP contribution in [0, 0.1) is 5.92 Å². The lowest BCUT2D eigenvalue weighted by Crippen LogP contribution is -2.23. The van der Waals surface area contributed by atoms with Gasteiger partial charge in [-0.3, -0.25) is 0 Å². The average Bonchev–Trinajstić information content (AvgIpc) is 2.20. The number of rotatable bonds is 5. The van der Waals surface area contributed by atoms with Crippen LogP contribution in [0.1, 0.15) is 31.6 Å². The molecule has 0 aliphatic rings. The molecule has 2 N–H and O–H groups in total. The zero-order chi connectivity index (χ0) is 12.1. The summed E-state index contributed by atoms with van der Waals surface area (Å²) in [5, 5.41) is 0.399. The molecule has 0 aromatic heterocycles. The van der Waals surface area contributed by atoms with Crippen molar-refractivity contribution in [3.63, 3.8) is 0 Å². The van der Waals surface area contributed by atoms with Crippen molar-refractivity contribution in [3.8, 4) is 0 Å². The van der Waals surface area contributed by atoms with Crippen LogP contribution >= 0.6 is 27.7 Å². The molecule has 2 atom stereocenters. The van der Waals surface area contributed by atoms with Gasteiger partial charge in [0.25, 0.3) is 0 Å². The van der Waals surface area contributed by atoms with Crippen LogP contribution in [0.2, 0.25) is 0 Å². The van der Waals surface area contributed by atoms with Crippen LogP contribution in [0.4, 0.5) is 0 Å². The van der Waals surface area contributed by atoms with Crippen LogP contribution in [0.15, 0.2) is 28.7 Å². The lowest BCUT2D eigenvalue weighted by atomic mass is 10.1. The van der Waals surface area contributed by atoms with Gasteiger partial charge in [0.2, 0.25) is 0 Å². The summed E-state index contributed by atoms with van der Waals surface area (Å²) in [6.07, 6.45) is 0. The molecule has 0 aliphatic heterocycles. The van der Waals surface area contributed by atoms with Crippen molar-refractivity contribution in [3.05, 3.63) is 34.3 Å². The van der Waals surface area contributed by atoms with Gasteiger partial charge in [0.1, 0.15) is 0 Å². The summed E-state index contributed by atoms with van der Waals surface area (Å²) in [5.74, 6) is 1.86. The van der Waals surface area contributed by atoms with E-state index in [1.54, 1.807) is 0 Å². The van der Waals surface area contributed by atoms with E-state index in [9.17, 15) is 0 Å². The first kappa shape index (κ1) is 14.1. The van der Waals surface area contributed by atoms with Gasteiger partial charge in [-0.2, -0.15) is 11.8 Å². The largest absolute Gasteiger partial charge is 0.327 e. The molecule has 0 fully saturated rings. The Hall–Kier alpha value is 0.01000. The Morgan fingerprint density at radius 3 is 2.19 bits per heavy atom. The summed E-state index contributed by atoms with van der Waals surface area (Å²) in [4.78, 5) is 0. The zero-order valence-electron chi connectivity index (χ0n) is 10.1. The van der Waals surface area contributed by atoms with E-state index in [1.165, 1.54) is 5.56 Å². The van der Waals surface area contributed by atoms with Crippen LogP contribution in [-0.2, 0) is 0 Å². The van der Waals surface area contributed by atoms with E-state index >= 15 is 0 Å². The van der Waals surface area contributed by atoms with Gasteiger partial charge in [-0.1, -0.05) is 41.9 Å². The standard InChI is InChI=1S/C13H20BrNS/c1-9(2)8-16-13(10(3)15)11-4-6-12(14)7-5-11/h4-7,9-10,13H,8,15H2,1-3H3. The van der Waals surface area contributed by atoms with Gasteiger partial charge in [-0.25, -0.2) is 0 Å². The van der Waals surface area contributed by atoms with E-state index in [0.29, 0.717) is 11.2 Å². The first-order chi connectivity index (χ1) is 7.50. The fourth-order valence-corrected chi connectivity index (χ4v) is 3.01. The maximum absolute atomic E-state index is 6.06. The van der Waals surface area contributed by atoms with Crippen LogP contribution in [0.3, 0.4) is 0 Å². The van der Waals surface area contributed by atoms with Crippen LogP contribution in [0.25, 0.3) is 0 Å². The highest BCUT2D eigenvalue weighted by Crippen LogP contribution is 2.33. The van der Waals surface area contributed by atoms with E-state index in [0.717, 1.165) is 10.2 Å². The number of nitrogens with two attached hydrogens (primary N) is 1. The lowest BCUT2D eigenvalue weighted by Gasteiger charge is -2.21. The molecule has 0 amide bonds. The molecule has 0 saturated carbocycles. The molecule has 2 unspecified atom stereocenters. The highest BCUT2D eigenvalue weighted by molar-refractivity contribution is 9.10. The Morgan fingerprint density at radius 1 is 1.19 bits per heavy atom. The topological polar surface area (TPSA) is 26.0 Å². The van der Waals surface area contributed by atoms with Crippen LogP contribution < -0.4 is 5.73 Å². The van der Waals surface area contributed by atoms with Gasteiger partial charge in [0, 0.05) is 15.8 Å². The highest BCUT2D eigenvalue weighted by Gasteiger charge is 2.16. The van der Waals surface area contributed by atoms with Gasteiger partial charge >= 0.3 is 0 Å². The number of hydrogen-bond donors (Lipinski definition) is 1. The van der Waals surface area contributed by atoms with Gasteiger partial charge in [-0.05, 0) is 36.3 Å². The number of benzene rings is 1. The van der Waals surface area contributed by atoms with E-state index in [2.05, 4.69) is 61.0 Å². The van der Waals surface area contributed by atoms with Crippen LogP contribution in [-0.4, -0.2) is 11.8 Å². The molecular formula is C13H20BrNS. The van der Waals surface area contributed by atoms with Gasteiger partial charge in [-0.15, -0.1) is 0 Å². The molecule has 0 spiro atoms. The number of halogens is 1. The SMILES string of the molecule is CC(C)CSC(c1ccc(Br)cc1)C(C)N. The number of hydrogen-bond acceptors (Lipinski definition) is 2. The van der Waals surface area contributed by atoms with Crippen molar-refractivity contribution in [1.82, 2.24) is 0 Å². The van der Waals surface area contributed by atoms with Gasteiger partial charge < -0.3 is 5.73 Å². The predicted octanol–water partition coefficient (Wildman–Crippen LogP) is 4.23. The van der Waals surface area contributed by atoms with Crippen molar-refractivity contribution in [2.24, 2.45) is 11.7 Å². The molecule has 1 aromatic carbocycles. The summed E-state index contributed by atoms with van der Waals surface area (Å²) < 4.78 is 1.12. The van der Waals surface area contributed by atoms with Crippen molar-refractivity contribution in [2.75, 3.05) is 5.75 Å². The summed E-state index contributed by atoms with van der Waals surface area (Å²) in [7, 11) is 0. The molecule has 1 nitrogen and oxygen atoms in total. The van der Waals surface area contributed by atoms with Gasteiger partial charge in [0.15, 0.2) is 0 Å². The van der Waals surface area contributed by atoms with E-state index in [-0.39, 0.29) is 6.04 Å². The maximum atomic E-state index is 6.06. The van der Waals surface area contributed by atoms with E-state index < -0.39 is 0 Å². The summed E-state index contributed by atoms with van der Waals surface area (Å²) >= 11 is 5.41. The molecule has 1 aromatic rings. The smallest absolute Gasteiger partial charge is 0.0445 e. The summed E-state index contributed by atoms with van der Waals surface area (Å²) in [6.45, 7) is 6.57. The Morgan fingerprint density at radius 2 is 1.75 bits per heavy atom. The first-order valence-corrected chi connectivity index (χ1v) is 7.47. The minimum atomic E-state index is 0.185. The normalized spacial score (nSPS) is 15.1. The van der Waals surface area contributed by atoms with Crippen molar-refractivity contribution < 1.29 is 0 Å². The molecule has 90 valence electrons. The minimum Gasteiger partial charge on any atom is -0.327 e. The number of thioether (sulfide) groups is 1. The fraction of sp³-hybridized carbons (Fsp3) is 0.538. The molecule has 0 bridgehead atoms. The van der Waals surface area contributed by atoms with Crippen molar-refractivity contribution in [2.45, 2.75) is 32.1 Å². The Balaban J connectivity index is 2.73. The quantitative estimate of drug-likeness (QED) is 0.881. The third-order valence-electron chi connectivity index (χ3n) is 2.29. The minimum absolute atomic E-state index is 0.185. The maximum Gasteiger partial charge on any atom is 0.0445 e.